The number of hydrogen-bond acceptors (Lipinski definition) is 3. The van der Waals surface area contributed by atoms with Gasteiger partial charge in [-0.15, -0.1) is 0 Å². The zero-order valence-corrected chi connectivity index (χ0v) is 12.4. The number of hydrogen-bond donors (Lipinski definition) is 1. The molecule has 6 heteroatoms. The van der Waals surface area contributed by atoms with Crippen LogP contribution in [-0.4, -0.2) is 15.5 Å². The first-order chi connectivity index (χ1) is 11.1. The van der Waals surface area contributed by atoms with Crippen molar-refractivity contribution in [3.63, 3.8) is 0 Å². The maximum Gasteiger partial charge on any atom is 0.257 e. The molecule has 1 amide bonds. The first-order valence-electron chi connectivity index (χ1n) is 7.02. The van der Waals surface area contributed by atoms with Crippen molar-refractivity contribution in [2.45, 2.75) is 6.54 Å². The van der Waals surface area contributed by atoms with E-state index >= 15 is 0 Å². The molecule has 3 aromatic rings. The maximum absolute atomic E-state index is 13.4. The molecule has 116 valence electrons. The van der Waals surface area contributed by atoms with Crippen molar-refractivity contribution >= 4 is 16.8 Å². The lowest BCUT2D eigenvalue weighted by atomic mass is 10.1. The second-order valence-electron chi connectivity index (χ2n) is 5.19. The molecule has 5 nitrogen and oxygen atoms in total. The van der Waals surface area contributed by atoms with Gasteiger partial charge in [-0.25, -0.2) is 4.39 Å². The van der Waals surface area contributed by atoms with Crippen LogP contribution in [0.4, 0.5) is 4.39 Å². The third-order valence-corrected chi connectivity index (χ3v) is 3.57. The number of nitrogens with zero attached hydrogens (tertiary/aromatic N) is 2. The van der Waals surface area contributed by atoms with E-state index in [2.05, 4.69) is 10.3 Å². The molecule has 2 aromatic heterocycles. The smallest absolute Gasteiger partial charge is 0.257 e. The molecule has 2 heterocycles. The van der Waals surface area contributed by atoms with Crippen LogP contribution < -0.4 is 10.7 Å². The molecule has 0 radical (unpaired) electrons. The molecule has 0 aliphatic heterocycles. The lowest BCUT2D eigenvalue weighted by molar-refractivity contribution is 0.0949. The van der Waals surface area contributed by atoms with E-state index in [4.69, 9.17) is 0 Å². The molecule has 0 bridgehead atoms. The van der Waals surface area contributed by atoms with Gasteiger partial charge in [0.25, 0.3) is 5.91 Å². The largest absolute Gasteiger partial charge is 0.350 e. The van der Waals surface area contributed by atoms with E-state index in [1.807, 2.05) is 6.07 Å². The Morgan fingerprint density at radius 3 is 2.91 bits per heavy atom. The monoisotopic (exact) mass is 311 g/mol. The summed E-state index contributed by atoms with van der Waals surface area (Å²) in [5, 5.41) is 2.86. The molecule has 0 fully saturated rings. The lowest BCUT2D eigenvalue weighted by Crippen LogP contribution is -2.29. The normalized spacial score (nSPS) is 10.7. The van der Waals surface area contributed by atoms with Gasteiger partial charge in [-0.1, -0.05) is 6.07 Å². The first kappa shape index (κ1) is 14.9. The van der Waals surface area contributed by atoms with Crippen molar-refractivity contribution in [3.05, 3.63) is 76.1 Å². The summed E-state index contributed by atoms with van der Waals surface area (Å²) in [7, 11) is 1.71. The molecular weight excluding hydrogens is 297 g/mol. The topological polar surface area (TPSA) is 64.0 Å². The Bertz CT molecular complexity index is 936. The Labute approximate surface area is 131 Å². The molecule has 3 rings (SSSR count). The van der Waals surface area contributed by atoms with Crippen molar-refractivity contribution < 1.29 is 9.18 Å². The molecular formula is C17H14FN3O2. The second kappa shape index (κ2) is 6.00. The van der Waals surface area contributed by atoms with Crippen LogP contribution in [0.25, 0.3) is 10.9 Å². The number of fused-ring (bicyclic) bond motifs is 1. The Hall–Kier alpha value is -3.02. The average molecular weight is 311 g/mol. The number of aryl methyl sites for hydroxylation is 1. The summed E-state index contributed by atoms with van der Waals surface area (Å²) in [6, 6.07) is 7.53. The molecule has 1 aromatic carbocycles. The lowest BCUT2D eigenvalue weighted by Gasteiger charge is -2.09. The highest BCUT2D eigenvalue weighted by Gasteiger charge is 2.14. The quantitative estimate of drug-likeness (QED) is 0.804. The number of benzene rings is 1. The number of pyridine rings is 2. The second-order valence-corrected chi connectivity index (χ2v) is 5.19. The van der Waals surface area contributed by atoms with Crippen LogP contribution >= 0.6 is 0 Å². The predicted octanol–water partition coefficient (Wildman–Crippen LogP) is 2.00. The fourth-order valence-electron chi connectivity index (χ4n) is 2.41. The maximum atomic E-state index is 13.4. The zero-order chi connectivity index (χ0) is 16.4. The highest BCUT2D eigenvalue weighted by atomic mass is 19.1. The molecule has 0 aliphatic rings. The molecule has 23 heavy (non-hydrogen) atoms. The summed E-state index contributed by atoms with van der Waals surface area (Å²) in [5.41, 5.74) is 0.889. The van der Waals surface area contributed by atoms with Crippen LogP contribution in [0, 0.1) is 5.82 Å². The average Bonchev–Trinajstić information content (AvgIpc) is 2.56. The van der Waals surface area contributed by atoms with E-state index < -0.39 is 17.2 Å². The van der Waals surface area contributed by atoms with Crippen LogP contribution in [-0.2, 0) is 13.6 Å². The van der Waals surface area contributed by atoms with Gasteiger partial charge in [-0.2, -0.15) is 0 Å². The Kier molecular flexibility index (Phi) is 3.89. The van der Waals surface area contributed by atoms with Gasteiger partial charge in [0, 0.05) is 37.6 Å². The van der Waals surface area contributed by atoms with Gasteiger partial charge in [0.15, 0.2) is 0 Å². The Morgan fingerprint density at radius 2 is 2.17 bits per heavy atom. The van der Waals surface area contributed by atoms with Crippen LogP contribution in [0.2, 0.25) is 0 Å². The van der Waals surface area contributed by atoms with Crippen molar-refractivity contribution in [3.8, 4) is 0 Å². The minimum atomic E-state index is -0.512. The van der Waals surface area contributed by atoms with Crippen LogP contribution in [0.15, 0.2) is 53.7 Å². The molecule has 0 saturated carbocycles. The van der Waals surface area contributed by atoms with Crippen LogP contribution in [0.5, 0.6) is 0 Å². The number of carbonyl (C=O) groups excluding carboxylic acids is 1. The van der Waals surface area contributed by atoms with Gasteiger partial charge in [0.1, 0.15) is 11.4 Å². The molecule has 1 N–H and O–H groups in total. The standard InChI is InChI=1S/C17H14FN3O2/c1-21-10-14(16(22)13-7-12(18)4-5-15(13)21)17(23)20-9-11-3-2-6-19-8-11/h2-8,10H,9H2,1H3,(H,20,23). The van der Waals surface area contributed by atoms with Gasteiger partial charge in [0.2, 0.25) is 5.43 Å². The fraction of sp³-hybridized carbons (Fsp3) is 0.118. The zero-order valence-electron chi connectivity index (χ0n) is 12.4. The van der Waals surface area contributed by atoms with Gasteiger partial charge < -0.3 is 9.88 Å². The predicted molar refractivity (Wildman–Crippen MR) is 84.6 cm³/mol. The SMILES string of the molecule is Cn1cc(C(=O)NCc2cccnc2)c(=O)c2cc(F)ccc21. The number of halogens is 1. The highest BCUT2D eigenvalue weighted by Crippen LogP contribution is 2.12. The molecule has 0 spiro atoms. The van der Waals surface area contributed by atoms with Crippen molar-refractivity contribution in [1.82, 2.24) is 14.9 Å². The Balaban J connectivity index is 1.94. The minimum Gasteiger partial charge on any atom is -0.350 e. The summed E-state index contributed by atoms with van der Waals surface area (Å²) >= 11 is 0. The first-order valence-corrected chi connectivity index (χ1v) is 7.02. The fourth-order valence-corrected chi connectivity index (χ4v) is 2.41. The number of rotatable bonds is 3. The summed E-state index contributed by atoms with van der Waals surface area (Å²) in [4.78, 5) is 28.7. The number of nitrogens with one attached hydrogen (secondary N) is 1. The summed E-state index contributed by atoms with van der Waals surface area (Å²) < 4.78 is 15.0. The summed E-state index contributed by atoms with van der Waals surface area (Å²) in [5.74, 6) is -1.01. The van der Waals surface area contributed by atoms with Gasteiger partial charge >= 0.3 is 0 Å². The van der Waals surface area contributed by atoms with Gasteiger partial charge in [0.05, 0.1) is 5.52 Å². The molecule has 0 atom stereocenters. The summed E-state index contributed by atoms with van der Waals surface area (Å²) in [6.07, 6.45) is 4.73. The highest BCUT2D eigenvalue weighted by molar-refractivity contribution is 5.97. The van der Waals surface area contributed by atoms with Gasteiger partial charge in [-0.3, -0.25) is 14.6 Å². The van der Waals surface area contributed by atoms with E-state index in [1.165, 1.54) is 18.3 Å². The third kappa shape index (κ3) is 2.96. The minimum absolute atomic E-state index is 0.0190. The number of amides is 1. The third-order valence-electron chi connectivity index (χ3n) is 3.57. The number of aromatic nitrogens is 2. The van der Waals surface area contributed by atoms with Crippen LogP contribution in [0.1, 0.15) is 15.9 Å². The number of carbonyl (C=O) groups is 1. The van der Waals surface area contributed by atoms with E-state index in [9.17, 15) is 14.0 Å². The molecule has 0 saturated heterocycles. The van der Waals surface area contributed by atoms with Crippen LogP contribution in [0.3, 0.4) is 0 Å². The molecule has 0 aliphatic carbocycles. The summed E-state index contributed by atoms with van der Waals surface area (Å²) in [6.45, 7) is 0.261. The van der Waals surface area contributed by atoms with Crippen molar-refractivity contribution in [2.75, 3.05) is 0 Å². The molecule has 0 unspecified atom stereocenters. The van der Waals surface area contributed by atoms with Crippen molar-refractivity contribution in [1.29, 1.82) is 0 Å². The van der Waals surface area contributed by atoms with Gasteiger partial charge in [-0.05, 0) is 29.8 Å². The van der Waals surface area contributed by atoms with E-state index in [-0.39, 0.29) is 17.5 Å². The van der Waals surface area contributed by atoms with E-state index in [0.717, 1.165) is 11.6 Å². The Morgan fingerprint density at radius 1 is 1.35 bits per heavy atom. The van der Waals surface area contributed by atoms with E-state index in [1.54, 1.807) is 30.1 Å². The van der Waals surface area contributed by atoms with Crippen molar-refractivity contribution in [2.24, 2.45) is 7.05 Å². The van der Waals surface area contributed by atoms with E-state index in [0.29, 0.717) is 5.52 Å².